The first kappa shape index (κ1) is 31.6. The Labute approximate surface area is 274 Å². The van der Waals surface area contributed by atoms with Crippen molar-refractivity contribution in [3.63, 3.8) is 0 Å². The molecule has 0 unspecified atom stereocenters. The second kappa shape index (κ2) is 13.1. The van der Waals surface area contributed by atoms with Gasteiger partial charge in [0, 0.05) is 0 Å². The number of aromatic amines is 1. The van der Waals surface area contributed by atoms with Gasteiger partial charge in [-0.1, -0.05) is 65.3 Å². The highest BCUT2D eigenvalue weighted by atomic mass is 32.1. The molecule has 4 atom stereocenters. The van der Waals surface area contributed by atoms with Crippen LogP contribution in [0.5, 0.6) is 0 Å². The van der Waals surface area contributed by atoms with Crippen molar-refractivity contribution in [2.45, 2.75) is 45.3 Å². The summed E-state index contributed by atoms with van der Waals surface area (Å²) in [5.41, 5.74) is 10.4. The highest BCUT2D eigenvalue weighted by molar-refractivity contribution is 7.71. The predicted molar refractivity (Wildman–Crippen MR) is 173 cm³/mol. The summed E-state index contributed by atoms with van der Waals surface area (Å²) in [7, 11) is 0. The number of carbonyl (C=O) groups is 3. The van der Waals surface area contributed by atoms with Gasteiger partial charge in [-0.25, -0.2) is 24.4 Å². The lowest BCUT2D eigenvalue weighted by Gasteiger charge is -2.25. The molecule has 5 aromatic rings. The second-order valence-corrected chi connectivity index (χ2v) is 11.7. The van der Waals surface area contributed by atoms with Gasteiger partial charge in [-0.3, -0.25) is 4.57 Å². The first-order chi connectivity index (χ1) is 22.6. The highest BCUT2D eigenvalue weighted by Gasteiger charge is 2.51. The van der Waals surface area contributed by atoms with E-state index in [2.05, 4.69) is 15.0 Å². The SMILES string of the molecule is Cc1ccc(C(=O)OC[C@@H]2O[C@@H](n3cnc4c(=S)nc(N)[nH]c43)[C@@H](OC(=O)c3ccc(C)cc3)[C@@H]2OC(=O)c2ccc(C)cc2)cc1. The first-order valence-corrected chi connectivity index (χ1v) is 15.1. The van der Waals surface area contributed by atoms with Crippen LogP contribution in [0.2, 0.25) is 0 Å². The van der Waals surface area contributed by atoms with Crippen molar-refractivity contribution in [3.05, 3.63) is 117 Å². The van der Waals surface area contributed by atoms with Crippen molar-refractivity contribution >= 4 is 47.2 Å². The number of carbonyl (C=O) groups excluding carboxylic acids is 3. The number of nitrogen functional groups attached to an aromatic ring is 1. The minimum Gasteiger partial charge on any atom is -0.459 e. The maximum Gasteiger partial charge on any atom is 0.338 e. The van der Waals surface area contributed by atoms with Crippen molar-refractivity contribution in [2.75, 3.05) is 12.3 Å². The molecule has 13 heteroatoms. The third-order valence-corrected chi connectivity index (χ3v) is 8.04. The summed E-state index contributed by atoms with van der Waals surface area (Å²) >= 11 is 5.35. The van der Waals surface area contributed by atoms with Crippen molar-refractivity contribution in [2.24, 2.45) is 0 Å². The van der Waals surface area contributed by atoms with Crippen molar-refractivity contribution in [3.8, 4) is 0 Å². The molecular weight excluding hydrogens is 622 g/mol. The Morgan fingerprint density at radius 3 is 1.83 bits per heavy atom. The van der Waals surface area contributed by atoms with Gasteiger partial charge in [0.25, 0.3) is 0 Å². The van der Waals surface area contributed by atoms with Gasteiger partial charge in [-0.2, -0.15) is 0 Å². The molecule has 0 amide bonds. The van der Waals surface area contributed by atoms with Gasteiger partial charge in [-0.15, -0.1) is 0 Å². The van der Waals surface area contributed by atoms with Crippen LogP contribution in [-0.4, -0.2) is 62.3 Å². The summed E-state index contributed by atoms with van der Waals surface area (Å²) in [6.07, 6.45) is -3.24. The number of anilines is 1. The van der Waals surface area contributed by atoms with Gasteiger partial charge in [0.05, 0.1) is 23.0 Å². The van der Waals surface area contributed by atoms with E-state index in [1.165, 1.54) is 10.9 Å². The number of nitrogens with two attached hydrogens (primary N) is 1. The van der Waals surface area contributed by atoms with Crippen molar-refractivity contribution in [1.29, 1.82) is 0 Å². The van der Waals surface area contributed by atoms with Crippen molar-refractivity contribution in [1.82, 2.24) is 19.5 Å². The third-order valence-electron chi connectivity index (χ3n) is 7.75. The monoisotopic (exact) mass is 653 g/mol. The smallest absolute Gasteiger partial charge is 0.338 e. The van der Waals surface area contributed by atoms with E-state index in [1.54, 1.807) is 72.8 Å². The molecule has 3 N–H and O–H groups in total. The molecule has 0 spiro atoms. The number of nitrogens with one attached hydrogen (secondary N) is 1. The van der Waals surface area contributed by atoms with E-state index in [1.807, 2.05) is 20.8 Å². The van der Waals surface area contributed by atoms with Crippen LogP contribution in [0.25, 0.3) is 11.2 Å². The molecule has 2 aromatic heterocycles. The quantitative estimate of drug-likeness (QED) is 0.129. The zero-order chi connectivity index (χ0) is 33.2. The normalized spacial score (nSPS) is 19.0. The van der Waals surface area contributed by atoms with Crippen LogP contribution in [0.1, 0.15) is 54.0 Å². The summed E-state index contributed by atoms with van der Waals surface area (Å²) in [6.45, 7) is 5.36. The van der Waals surface area contributed by atoms with Crippen LogP contribution >= 0.6 is 12.2 Å². The number of imidazole rings is 1. The Hall–Kier alpha value is -5.40. The summed E-state index contributed by atoms with van der Waals surface area (Å²) in [6, 6.07) is 20.5. The maximum absolute atomic E-state index is 13.5. The molecule has 0 saturated carbocycles. The standard InChI is InChI=1S/C34H31N5O7S/c1-18-4-10-21(11-5-18)31(40)43-16-24-26(45-32(41)22-12-6-19(2)7-13-22)27(46-33(42)23-14-8-20(3)9-15-23)30(44-24)39-17-36-25-28(39)37-34(35)38-29(25)47/h4-15,17,24,26-27,30H,16H2,1-3H3,(H3,35,37,38,47)/t24-,26+,27-,30+/m0/s1. The van der Waals surface area contributed by atoms with Gasteiger partial charge in [0.2, 0.25) is 0 Å². The van der Waals surface area contributed by atoms with Crippen LogP contribution in [0.4, 0.5) is 5.95 Å². The fraction of sp³-hybridized carbons (Fsp3) is 0.235. The topological polar surface area (TPSA) is 161 Å². The zero-order valence-electron chi connectivity index (χ0n) is 25.7. The van der Waals surface area contributed by atoms with Gasteiger partial charge in [0.15, 0.2) is 29.0 Å². The van der Waals surface area contributed by atoms with Crippen LogP contribution in [0.15, 0.2) is 79.1 Å². The van der Waals surface area contributed by atoms with E-state index in [0.29, 0.717) is 16.7 Å². The minimum atomic E-state index is -1.24. The summed E-state index contributed by atoms with van der Waals surface area (Å²) in [4.78, 5) is 51.4. The van der Waals surface area contributed by atoms with Gasteiger partial charge in [0.1, 0.15) is 23.9 Å². The lowest BCUT2D eigenvalue weighted by atomic mass is 10.1. The third kappa shape index (κ3) is 6.76. The Balaban J connectivity index is 1.39. The number of rotatable bonds is 8. The van der Waals surface area contributed by atoms with E-state index in [-0.39, 0.29) is 28.3 Å². The number of benzene rings is 3. The number of fused-ring (bicyclic) bond motifs is 1. The van der Waals surface area contributed by atoms with Crippen molar-refractivity contribution < 1.29 is 33.3 Å². The number of esters is 3. The maximum atomic E-state index is 13.5. The molecule has 1 saturated heterocycles. The number of nitrogens with zero attached hydrogens (tertiary/aromatic N) is 3. The van der Waals surface area contributed by atoms with E-state index < -0.39 is 42.4 Å². The summed E-state index contributed by atoms with van der Waals surface area (Å²) in [5.74, 6) is -1.95. The number of aromatic nitrogens is 4. The Morgan fingerprint density at radius 1 is 0.809 bits per heavy atom. The lowest BCUT2D eigenvalue weighted by molar-refractivity contribution is -0.0606. The molecule has 3 aromatic carbocycles. The van der Waals surface area contributed by atoms with Gasteiger partial charge in [-0.05, 0) is 57.2 Å². The average molecular weight is 654 g/mol. The number of ether oxygens (including phenoxy) is 4. The minimum absolute atomic E-state index is 0.0290. The summed E-state index contributed by atoms with van der Waals surface area (Å²) < 4.78 is 25.8. The molecule has 3 heterocycles. The molecule has 1 fully saturated rings. The highest BCUT2D eigenvalue weighted by Crippen LogP contribution is 2.37. The second-order valence-electron chi connectivity index (χ2n) is 11.3. The van der Waals surface area contributed by atoms with Crippen LogP contribution in [0, 0.1) is 25.4 Å². The Bertz CT molecular complexity index is 2010. The molecule has 12 nitrogen and oxygen atoms in total. The Morgan fingerprint density at radius 2 is 1.30 bits per heavy atom. The van der Waals surface area contributed by atoms with Crippen LogP contribution < -0.4 is 5.73 Å². The van der Waals surface area contributed by atoms with E-state index in [0.717, 1.165) is 16.7 Å². The van der Waals surface area contributed by atoms with Crippen LogP contribution in [-0.2, 0) is 18.9 Å². The van der Waals surface area contributed by atoms with Gasteiger partial charge < -0.3 is 29.7 Å². The van der Waals surface area contributed by atoms with Crippen LogP contribution in [0.3, 0.4) is 0 Å². The van der Waals surface area contributed by atoms with E-state index >= 15 is 0 Å². The first-order valence-electron chi connectivity index (χ1n) is 14.7. The molecule has 240 valence electrons. The predicted octanol–water partition coefficient (Wildman–Crippen LogP) is 5.20. The van der Waals surface area contributed by atoms with Gasteiger partial charge >= 0.3 is 17.9 Å². The lowest BCUT2D eigenvalue weighted by Crippen LogP contribution is -2.41. The number of hydrogen-bond acceptors (Lipinski definition) is 11. The molecule has 6 rings (SSSR count). The summed E-state index contributed by atoms with van der Waals surface area (Å²) in [5, 5.41) is 0. The number of aryl methyl sites for hydroxylation is 3. The van der Waals surface area contributed by atoms with E-state index in [4.69, 9.17) is 36.9 Å². The molecule has 0 bridgehead atoms. The fourth-order valence-corrected chi connectivity index (χ4v) is 5.42. The number of hydrogen-bond donors (Lipinski definition) is 2. The molecule has 0 aliphatic carbocycles. The fourth-order valence-electron chi connectivity index (χ4n) is 5.17. The van der Waals surface area contributed by atoms with E-state index in [9.17, 15) is 14.4 Å². The molecule has 1 aliphatic heterocycles. The molecule has 0 radical (unpaired) electrons. The Kier molecular flexibility index (Phi) is 8.83. The largest absolute Gasteiger partial charge is 0.459 e. The molecule has 47 heavy (non-hydrogen) atoms. The molecular formula is C34H31N5O7S. The zero-order valence-corrected chi connectivity index (χ0v) is 26.5. The average Bonchev–Trinajstić information content (AvgIpc) is 3.61. The number of H-pyrrole nitrogens is 1. The molecule has 1 aliphatic rings.